The molecule has 4 aromatic rings. The van der Waals surface area contributed by atoms with Crippen molar-refractivity contribution in [3.63, 3.8) is 0 Å². The summed E-state index contributed by atoms with van der Waals surface area (Å²) in [5.41, 5.74) is 2.19. The van der Waals surface area contributed by atoms with Gasteiger partial charge in [0.1, 0.15) is 29.3 Å². The van der Waals surface area contributed by atoms with E-state index in [-0.39, 0.29) is 0 Å². The maximum absolute atomic E-state index is 5.84. The van der Waals surface area contributed by atoms with Crippen LogP contribution in [-0.4, -0.2) is 14.5 Å². The number of para-hydroxylation sites is 1. The Hall–Kier alpha value is -3.34. The number of hydrogen-bond acceptors (Lipinski definition) is 4. The Morgan fingerprint density at radius 3 is 2.48 bits per heavy atom. The Kier molecular flexibility index (Phi) is 3.98. The lowest BCUT2D eigenvalue weighted by Gasteiger charge is -2.09. The van der Waals surface area contributed by atoms with E-state index in [2.05, 4.69) is 44.2 Å². The SMILES string of the molecule is c1ccc(Oc2ccc(CNc3ncnc4c3ccn4C3CC3)cc2)cc1. The molecule has 1 fully saturated rings. The van der Waals surface area contributed by atoms with Crippen molar-refractivity contribution in [3.05, 3.63) is 78.8 Å². The number of aromatic nitrogens is 3. The third-order valence-electron chi connectivity index (χ3n) is 4.81. The molecule has 0 aliphatic heterocycles. The largest absolute Gasteiger partial charge is 0.457 e. The molecule has 5 nitrogen and oxygen atoms in total. The third-order valence-corrected chi connectivity index (χ3v) is 4.81. The molecular weight excluding hydrogens is 336 g/mol. The fourth-order valence-corrected chi connectivity index (χ4v) is 3.24. The summed E-state index contributed by atoms with van der Waals surface area (Å²) in [5, 5.41) is 4.52. The lowest BCUT2D eigenvalue weighted by Crippen LogP contribution is -2.03. The van der Waals surface area contributed by atoms with E-state index >= 15 is 0 Å². The van der Waals surface area contributed by atoms with E-state index in [4.69, 9.17) is 4.74 Å². The molecule has 0 atom stereocenters. The van der Waals surface area contributed by atoms with E-state index in [1.54, 1.807) is 6.33 Å². The summed E-state index contributed by atoms with van der Waals surface area (Å²) >= 11 is 0. The molecule has 1 saturated carbocycles. The smallest absolute Gasteiger partial charge is 0.145 e. The molecular formula is C22H20N4O. The van der Waals surface area contributed by atoms with Crippen LogP contribution >= 0.6 is 0 Å². The number of ether oxygens (including phenoxy) is 1. The Morgan fingerprint density at radius 1 is 0.926 bits per heavy atom. The summed E-state index contributed by atoms with van der Waals surface area (Å²) in [7, 11) is 0. The Balaban J connectivity index is 1.28. The summed E-state index contributed by atoms with van der Waals surface area (Å²) in [5.74, 6) is 2.55. The first-order valence-electron chi connectivity index (χ1n) is 9.24. The normalized spacial score (nSPS) is 13.6. The Morgan fingerprint density at radius 2 is 1.70 bits per heavy atom. The first-order valence-corrected chi connectivity index (χ1v) is 9.24. The van der Waals surface area contributed by atoms with Crippen LogP contribution in [0, 0.1) is 0 Å². The number of benzene rings is 2. The van der Waals surface area contributed by atoms with Gasteiger partial charge in [-0.05, 0) is 48.7 Å². The van der Waals surface area contributed by atoms with Gasteiger partial charge in [0, 0.05) is 18.8 Å². The van der Waals surface area contributed by atoms with Crippen LogP contribution in [0.25, 0.3) is 11.0 Å². The van der Waals surface area contributed by atoms with Crippen LogP contribution < -0.4 is 10.1 Å². The van der Waals surface area contributed by atoms with Crippen molar-refractivity contribution >= 4 is 16.9 Å². The fourth-order valence-electron chi connectivity index (χ4n) is 3.24. The summed E-state index contributed by atoms with van der Waals surface area (Å²) in [4.78, 5) is 8.89. The van der Waals surface area contributed by atoms with E-state index in [0.29, 0.717) is 12.6 Å². The molecule has 2 aromatic heterocycles. The highest BCUT2D eigenvalue weighted by Crippen LogP contribution is 2.38. The second-order valence-corrected chi connectivity index (χ2v) is 6.83. The van der Waals surface area contributed by atoms with Gasteiger partial charge in [-0.1, -0.05) is 30.3 Å². The van der Waals surface area contributed by atoms with Gasteiger partial charge in [0.2, 0.25) is 0 Å². The van der Waals surface area contributed by atoms with Gasteiger partial charge in [0.15, 0.2) is 0 Å². The van der Waals surface area contributed by atoms with Gasteiger partial charge < -0.3 is 14.6 Å². The van der Waals surface area contributed by atoms with Crippen LogP contribution in [0.2, 0.25) is 0 Å². The van der Waals surface area contributed by atoms with Crippen molar-refractivity contribution in [1.82, 2.24) is 14.5 Å². The number of rotatable bonds is 6. The number of hydrogen-bond donors (Lipinski definition) is 1. The molecule has 27 heavy (non-hydrogen) atoms. The van der Waals surface area contributed by atoms with Crippen LogP contribution in [0.15, 0.2) is 73.2 Å². The molecule has 2 aromatic carbocycles. The van der Waals surface area contributed by atoms with E-state index in [1.165, 1.54) is 18.4 Å². The predicted molar refractivity (Wildman–Crippen MR) is 106 cm³/mol. The van der Waals surface area contributed by atoms with Gasteiger partial charge in [-0.3, -0.25) is 0 Å². The quantitative estimate of drug-likeness (QED) is 0.518. The lowest BCUT2D eigenvalue weighted by atomic mass is 10.2. The van der Waals surface area contributed by atoms with Crippen molar-refractivity contribution < 1.29 is 4.74 Å². The average Bonchev–Trinajstić information content (AvgIpc) is 3.47. The zero-order valence-electron chi connectivity index (χ0n) is 14.9. The van der Waals surface area contributed by atoms with Crippen molar-refractivity contribution in [1.29, 1.82) is 0 Å². The molecule has 0 saturated heterocycles. The molecule has 2 heterocycles. The minimum absolute atomic E-state index is 0.613. The van der Waals surface area contributed by atoms with E-state index in [1.807, 2.05) is 42.5 Å². The minimum atomic E-state index is 0.613. The first-order chi connectivity index (χ1) is 13.4. The summed E-state index contributed by atoms with van der Waals surface area (Å²) in [6.45, 7) is 0.701. The van der Waals surface area contributed by atoms with Crippen molar-refractivity contribution in [2.45, 2.75) is 25.4 Å². The molecule has 0 unspecified atom stereocenters. The highest BCUT2D eigenvalue weighted by molar-refractivity contribution is 5.87. The van der Waals surface area contributed by atoms with Crippen LogP contribution in [-0.2, 0) is 6.54 Å². The molecule has 0 radical (unpaired) electrons. The Labute approximate surface area is 157 Å². The maximum atomic E-state index is 5.84. The van der Waals surface area contributed by atoms with Crippen LogP contribution in [0.3, 0.4) is 0 Å². The summed E-state index contributed by atoms with van der Waals surface area (Å²) in [6.07, 6.45) is 6.25. The molecule has 1 aliphatic rings. The lowest BCUT2D eigenvalue weighted by molar-refractivity contribution is 0.482. The van der Waals surface area contributed by atoms with E-state index in [0.717, 1.165) is 28.4 Å². The number of anilines is 1. The number of nitrogens with one attached hydrogen (secondary N) is 1. The van der Waals surface area contributed by atoms with Gasteiger partial charge in [0.05, 0.1) is 5.39 Å². The van der Waals surface area contributed by atoms with Crippen LogP contribution in [0.5, 0.6) is 11.5 Å². The molecule has 5 heteroatoms. The van der Waals surface area contributed by atoms with Gasteiger partial charge in [-0.2, -0.15) is 0 Å². The summed E-state index contributed by atoms with van der Waals surface area (Å²) in [6, 6.07) is 20.6. The average molecular weight is 356 g/mol. The highest BCUT2D eigenvalue weighted by atomic mass is 16.5. The highest BCUT2D eigenvalue weighted by Gasteiger charge is 2.25. The topological polar surface area (TPSA) is 52.0 Å². The van der Waals surface area contributed by atoms with Gasteiger partial charge in [0.25, 0.3) is 0 Å². The molecule has 0 spiro atoms. The van der Waals surface area contributed by atoms with Gasteiger partial charge in [-0.15, -0.1) is 0 Å². The van der Waals surface area contributed by atoms with Crippen LogP contribution in [0.1, 0.15) is 24.4 Å². The second kappa shape index (κ2) is 6.76. The standard InChI is InChI=1S/C22H20N4O/c1-2-4-18(5-3-1)27-19-10-6-16(7-11-19)14-23-21-20-12-13-26(17-8-9-17)22(20)25-15-24-21/h1-7,10-13,15,17H,8-9,14H2,(H,23,24,25). The number of nitrogens with zero attached hydrogens (tertiary/aromatic N) is 3. The van der Waals surface area contributed by atoms with Crippen molar-refractivity contribution in [2.24, 2.45) is 0 Å². The van der Waals surface area contributed by atoms with Crippen molar-refractivity contribution in [2.75, 3.05) is 5.32 Å². The monoisotopic (exact) mass is 356 g/mol. The predicted octanol–water partition coefficient (Wildman–Crippen LogP) is 5.17. The van der Waals surface area contributed by atoms with E-state index in [9.17, 15) is 0 Å². The second-order valence-electron chi connectivity index (χ2n) is 6.83. The zero-order valence-corrected chi connectivity index (χ0v) is 14.9. The zero-order chi connectivity index (χ0) is 18.1. The molecule has 1 aliphatic carbocycles. The van der Waals surface area contributed by atoms with E-state index < -0.39 is 0 Å². The third kappa shape index (κ3) is 3.36. The van der Waals surface area contributed by atoms with Gasteiger partial charge in [-0.25, -0.2) is 9.97 Å². The first kappa shape index (κ1) is 15.9. The molecule has 5 rings (SSSR count). The summed E-state index contributed by atoms with van der Waals surface area (Å²) < 4.78 is 8.10. The van der Waals surface area contributed by atoms with Gasteiger partial charge >= 0.3 is 0 Å². The van der Waals surface area contributed by atoms with Crippen molar-refractivity contribution in [3.8, 4) is 11.5 Å². The minimum Gasteiger partial charge on any atom is -0.457 e. The molecule has 1 N–H and O–H groups in total. The number of fused-ring (bicyclic) bond motifs is 1. The molecule has 134 valence electrons. The van der Waals surface area contributed by atoms with Crippen LogP contribution in [0.4, 0.5) is 5.82 Å². The fraction of sp³-hybridized carbons (Fsp3) is 0.182. The molecule has 0 amide bonds. The molecule has 0 bridgehead atoms. The Bertz CT molecular complexity index is 1050. The maximum Gasteiger partial charge on any atom is 0.145 e.